The molecule has 4 heteroatoms. The second-order valence-corrected chi connectivity index (χ2v) is 4.68. The number of aryl methyl sites for hydroxylation is 1. The number of nitrogens with zero attached hydrogens (tertiary/aromatic N) is 1. The smallest absolute Gasteiger partial charge is 0.212 e. The van der Waals surface area contributed by atoms with Gasteiger partial charge in [-0.25, -0.2) is 4.98 Å². The summed E-state index contributed by atoms with van der Waals surface area (Å²) in [7, 11) is 1.56. The van der Waals surface area contributed by atoms with E-state index in [1.807, 2.05) is 19.1 Å². The van der Waals surface area contributed by atoms with Gasteiger partial charge in [0.05, 0.1) is 7.11 Å². The number of aromatic nitrogens is 1. The van der Waals surface area contributed by atoms with E-state index in [2.05, 4.69) is 4.98 Å². The number of halogens is 1. The maximum Gasteiger partial charge on any atom is 0.212 e. The molecular formula is C15H14ClNO2. The number of hydrogen-bond acceptors (Lipinski definition) is 3. The number of hydrogen-bond donors (Lipinski definition) is 0. The Hall–Kier alpha value is -1.87. The highest BCUT2D eigenvalue weighted by molar-refractivity contribution is 6.31. The van der Waals surface area contributed by atoms with Gasteiger partial charge in [0.1, 0.15) is 0 Å². The highest BCUT2D eigenvalue weighted by atomic mass is 35.5. The van der Waals surface area contributed by atoms with E-state index in [9.17, 15) is 4.79 Å². The van der Waals surface area contributed by atoms with Gasteiger partial charge in [0.25, 0.3) is 0 Å². The molecule has 0 aliphatic carbocycles. The summed E-state index contributed by atoms with van der Waals surface area (Å²) in [5.74, 6) is 0.559. The number of benzene rings is 1. The first-order valence-electron chi connectivity index (χ1n) is 5.88. The number of carbonyl (C=O) groups is 1. The Morgan fingerprint density at radius 2 is 2.11 bits per heavy atom. The van der Waals surface area contributed by atoms with Crippen molar-refractivity contribution in [1.82, 2.24) is 4.98 Å². The van der Waals surface area contributed by atoms with Crippen LogP contribution in [0.3, 0.4) is 0 Å². The fourth-order valence-corrected chi connectivity index (χ4v) is 1.87. The maximum absolute atomic E-state index is 12.1. The zero-order valence-corrected chi connectivity index (χ0v) is 11.6. The highest BCUT2D eigenvalue weighted by Gasteiger charge is 2.09. The number of ether oxygens (including phenoxy) is 1. The van der Waals surface area contributed by atoms with Crippen LogP contribution in [0.5, 0.6) is 5.88 Å². The Morgan fingerprint density at radius 3 is 2.68 bits per heavy atom. The minimum Gasteiger partial charge on any atom is -0.481 e. The monoisotopic (exact) mass is 275 g/mol. The lowest BCUT2D eigenvalue weighted by atomic mass is 10.0. The molecule has 0 aliphatic heterocycles. The minimum absolute atomic E-state index is 0.0221. The number of Topliss-reactive ketones (excluding diaryl/α,β-unsaturated/α-hetero) is 1. The van der Waals surface area contributed by atoms with Gasteiger partial charge in [-0.3, -0.25) is 4.79 Å². The summed E-state index contributed by atoms with van der Waals surface area (Å²) >= 11 is 6.02. The van der Waals surface area contributed by atoms with Crippen molar-refractivity contribution in [2.75, 3.05) is 7.11 Å². The van der Waals surface area contributed by atoms with Crippen LogP contribution in [-0.4, -0.2) is 17.9 Å². The van der Waals surface area contributed by atoms with E-state index in [1.165, 1.54) is 0 Å². The van der Waals surface area contributed by atoms with Crippen molar-refractivity contribution in [3.63, 3.8) is 0 Å². The van der Waals surface area contributed by atoms with Crippen molar-refractivity contribution in [3.05, 3.63) is 58.2 Å². The molecule has 0 saturated heterocycles. The Bertz CT molecular complexity index is 594. The van der Waals surface area contributed by atoms with Gasteiger partial charge >= 0.3 is 0 Å². The summed E-state index contributed by atoms with van der Waals surface area (Å²) < 4.78 is 4.97. The zero-order chi connectivity index (χ0) is 13.8. The lowest BCUT2D eigenvalue weighted by Gasteiger charge is -2.04. The Morgan fingerprint density at radius 1 is 1.32 bits per heavy atom. The fraction of sp³-hybridized carbons (Fsp3) is 0.200. The van der Waals surface area contributed by atoms with Crippen molar-refractivity contribution < 1.29 is 9.53 Å². The molecule has 0 atom stereocenters. The van der Waals surface area contributed by atoms with Crippen LogP contribution in [0.1, 0.15) is 21.5 Å². The second-order valence-electron chi connectivity index (χ2n) is 4.27. The van der Waals surface area contributed by atoms with Crippen LogP contribution in [0, 0.1) is 6.92 Å². The average Bonchev–Trinajstić information content (AvgIpc) is 2.42. The van der Waals surface area contributed by atoms with Crippen LogP contribution >= 0.6 is 11.6 Å². The topological polar surface area (TPSA) is 39.2 Å². The average molecular weight is 276 g/mol. The number of pyridine rings is 1. The molecule has 1 heterocycles. The predicted molar refractivity (Wildman–Crippen MR) is 75.0 cm³/mol. The molecular weight excluding hydrogens is 262 g/mol. The standard InChI is InChI=1S/C15H14ClNO2/c1-10-3-5-12(8-13(10)16)14(18)7-11-4-6-15(19-2)17-9-11/h3-6,8-9H,7H2,1-2H3. The quantitative estimate of drug-likeness (QED) is 0.802. The third kappa shape index (κ3) is 3.32. The second kappa shape index (κ2) is 5.85. The largest absolute Gasteiger partial charge is 0.481 e. The number of methoxy groups -OCH3 is 1. The van der Waals surface area contributed by atoms with Crippen molar-refractivity contribution in [2.24, 2.45) is 0 Å². The Labute approximate surface area is 117 Å². The molecule has 1 aromatic heterocycles. The van der Waals surface area contributed by atoms with Gasteiger partial charge < -0.3 is 4.74 Å². The summed E-state index contributed by atoms with van der Waals surface area (Å²) in [6.07, 6.45) is 1.95. The Balaban J connectivity index is 2.13. The molecule has 3 nitrogen and oxygen atoms in total. The Kier molecular flexibility index (Phi) is 4.17. The van der Waals surface area contributed by atoms with Crippen molar-refractivity contribution >= 4 is 17.4 Å². The first kappa shape index (κ1) is 13.6. The summed E-state index contributed by atoms with van der Waals surface area (Å²) in [4.78, 5) is 16.2. The zero-order valence-electron chi connectivity index (χ0n) is 10.8. The number of rotatable bonds is 4. The van der Waals surface area contributed by atoms with E-state index < -0.39 is 0 Å². The molecule has 0 aliphatic rings. The van der Waals surface area contributed by atoms with Gasteiger partial charge in [-0.2, -0.15) is 0 Å². The van der Waals surface area contributed by atoms with Gasteiger partial charge in [0.2, 0.25) is 5.88 Å². The summed E-state index contributed by atoms with van der Waals surface area (Å²) in [5, 5.41) is 0.610. The molecule has 2 aromatic rings. The molecule has 98 valence electrons. The van der Waals surface area contributed by atoms with Gasteiger partial charge in [-0.1, -0.05) is 29.8 Å². The van der Waals surface area contributed by atoms with Crippen molar-refractivity contribution in [3.8, 4) is 5.88 Å². The van der Waals surface area contributed by atoms with E-state index in [0.29, 0.717) is 22.9 Å². The molecule has 0 N–H and O–H groups in total. The summed E-state index contributed by atoms with van der Waals surface area (Å²) in [6.45, 7) is 1.91. The van der Waals surface area contributed by atoms with Crippen LogP contribution in [0.4, 0.5) is 0 Å². The molecule has 0 bridgehead atoms. The van der Waals surface area contributed by atoms with E-state index >= 15 is 0 Å². The SMILES string of the molecule is COc1ccc(CC(=O)c2ccc(C)c(Cl)c2)cn1. The van der Waals surface area contributed by atoms with Crippen LogP contribution in [-0.2, 0) is 6.42 Å². The van der Waals surface area contributed by atoms with E-state index in [0.717, 1.165) is 11.1 Å². The van der Waals surface area contributed by atoms with Crippen LogP contribution < -0.4 is 4.74 Å². The lowest BCUT2D eigenvalue weighted by Crippen LogP contribution is -2.04. The molecule has 0 fully saturated rings. The molecule has 2 rings (SSSR count). The van der Waals surface area contributed by atoms with Gasteiger partial charge in [0.15, 0.2) is 5.78 Å². The van der Waals surface area contributed by atoms with Gasteiger partial charge in [-0.05, 0) is 24.1 Å². The number of ketones is 1. The van der Waals surface area contributed by atoms with E-state index in [4.69, 9.17) is 16.3 Å². The van der Waals surface area contributed by atoms with Crippen LogP contribution in [0.2, 0.25) is 5.02 Å². The molecule has 0 saturated carbocycles. The van der Waals surface area contributed by atoms with Crippen LogP contribution in [0.25, 0.3) is 0 Å². The first-order valence-corrected chi connectivity index (χ1v) is 6.26. The van der Waals surface area contributed by atoms with Crippen LogP contribution in [0.15, 0.2) is 36.5 Å². The third-order valence-electron chi connectivity index (χ3n) is 2.87. The summed E-state index contributed by atoms with van der Waals surface area (Å²) in [5.41, 5.74) is 2.43. The normalized spacial score (nSPS) is 10.3. The summed E-state index contributed by atoms with van der Waals surface area (Å²) in [6, 6.07) is 8.92. The highest BCUT2D eigenvalue weighted by Crippen LogP contribution is 2.18. The molecule has 0 amide bonds. The number of carbonyl (C=O) groups excluding carboxylic acids is 1. The molecule has 0 unspecified atom stereocenters. The minimum atomic E-state index is 0.0221. The van der Waals surface area contributed by atoms with Crippen molar-refractivity contribution in [1.29, 1.82) is 0 Å². The molecule has 19 heavy (non-hydrogen) atoms. The van der Waals surface area contributed by atoms with Crippen molar-refractivity contribution in [2.45, 2.75) is 13.3 Å². The fourth-order valence-electron chi connectivity index (χ4n) is 1.69. The maximum atomic E-state index is 12.1. The molecule has 0 spiro atoms. The van der Waals surface area contributed by atoms with E-state index in [1.54, 1.807) is 31.5 Å². The third-order valence-corrected chi connectivity index (χ3v) is 3.27. The molecule has 1 aromatic carbocycles. The lowest BCUT2D eigenvalue weighted by molar-refractivity contribution is 0.0993. The predicted octanol–water partition coefficient (Wildman–Crippen LogP) is 3.48. The first-order chi connectivity index (χ1) is 9.10. The van der Waals surface area contributed by atoms with Gasteiger partial charge in [0, 0.05) is 29.3 Å². The van der Waals surface area contributed by atoms with E-state index in [-0.39, 0.29) is 5.78 Å². The molecule has 0 radical (unpaired) electrons. The van der Waals surface area contributed by atoms with Gasteiger partial charge in [-0.15, -0.1) is 0 Å².